The molecule has 4 rings (SSSR count). The Kier molecular flexibility index (Phi) is 10.7. The summed E-state index contributed by atoms with van der Waals surface area (Å²) in [5.74, 6) is -0.809. The Morgan fingerprint density at radius 1 is 1.00 bits per heavy atom. The molecule has 44 heavy (non-hydrogen) atoms. The van der Waals surface area contributed by atoms with Gasteiger partial charge in [-0.1, -0.05) is 30.3 Å². The molecule has 1 fully saturated rings. The quantitative estimate of drug-likeness (QED) is 0.221. The number of carbonyl (C=O) groups excluding carboxylic acids is 4. The molecule has 1 heterocycles. The van der Waals surface area contributed by atoms with Crippen LogP contribution in [0.5, 0.6) is 0 Å². The molecule has 2 aromatic carbocycles. The number of alkyl carbamates (subject to hydrolysis) is 1. The Labute approximate surface area is 258 Å². The monoisotopic (exact) mass is 604 g/mol. The van der Waals surface area contributed by atoms with Gasteiger partial charge in [0, 0.05) is 41.2 Å². The molecule has 10 heteroatoms. The summed E-state index contributed by atoms with van der Waals surface area (Å²) in [5, 5.41) is 9.52. The van der Waals surface area contributed by atoms with Crippen molar-refractivity contribution in [1.82, 2.24) is 15.6 Å². The van der Waals surface area contributed by atoms with E-state index in [9.17, 15) is 19.2 Å². The smallest absolute Gasteiger partial charge is 0.407 e. The van der Waals surface area contributed by atoms with Crippen LogP contribution in [0.1, 0.15) is 75.0 Å². The summed E-state index contributed by atoms with van der Waals surface area (Å²) in [7, 11) is 0. The molecule has 10 nitrogen and oxygen atoms in total. The van der Waals surface area contributed by atoms with E-state index in [1.54, 1.807) is 32.0 Å². The van der Waals surface area contributed by atoms with Crippen molar-refractivity contribution >= 4 is 40.5 Å². The average Bonchev–Trinajstić information content (AvgIpc) is 3.30. The zero-order chi connectivity index (χ0) is 31.9. The number of nitrogens with one attached hydrogen (secondary N) is 4. The van der Waals surface area contributed by atoms with Crippen molar-refractivity contribution in [3.05, 3.63) is 65.4 Å². The normalized spacial score (nSPS) is 17.4. The van der Waals surface area contributed by atoms with Gasteiger partial charge >= 0.3 is 12.1 Å². The number of rotatable bonds is 10. The van der Waals surface area contributed by atoms with Crippen LogP contribution in [0, 0.1) is 18.8 Å². The topological polar surface area (TPSA) is 139 Å². The van der Waals surface area contributed by atoms with Crippen LogP contribution in [0.3, 0.4) is 0 Å². The molecule has 0 saturated heterocycles. The first kappa shape index (κ1) is 32.6. The molecule has 0 unspecified atom stereocenters. The largest absolute Gasteiger partial charge is 0.462 e. The van der Waals surface area contributed by atoms with Gasteiger partial charge in [0.15, 0.2) is 0 Å². The maximum Gasteiger partial charge on any atom is 0.407 e. The zero-order valence-corrected chi connectivity index (χ0v) is 26.3. The number of hydrogen-bond donors (Lipinski definition) is 4. The molecule has 1 atom stereocenters. The number of aromatic nitrogens is 1. The number of amides is 3. The third-order valence-corrected chi connectivity index (χ3v) is 7.80. The van der Waals surface area contributed by atoms with Crippen molar-refractivity contribution in [2.45, 2.75) is 78.4 Å². The van der Waals surface area contributed by atoms with E-state index < -0.39 is 23.7 Å². The summed E-state index contributed by atoms with van der Waals surface area (Å²) < 4.78 is 10.5. The second kappa shape index (κ2) is 14.4. The minimum atomic E-state index is -0.785. The molecule has 1 saturated carbocycles. The molecule has 0 bridgehead atoms. The van der Waals surface area contributed by atoms with E-state index in [0.29, 0.717) is 53.7 Å². The van der Waals surface area contributed by atoms with Gasteiger partial charge in [0.1, 0.15) is 11.6 Å². The van der Waals surface area contributed by atoms with Crippen LogP contribution in [0.25, 0.3) is 10.9 Å². The molecular weight excluding hydrogens is 560 g/mol. The van der Waals surface area contributed by atoms with E-state index >= 15 is 0 Å². The summed E-state index contributed by atoms with van der Waals surface area (Å²) in [5.41, 5.74) is 2.79. The average molecular weight is 605 g/mol. The van der Waals surface area contributed by atoms with Gasteiger partial charge in [-0.3, -0.25) is 9.59 Å². The van der Waals surface area contributed by atoms with E-state index in [1.807, 2.05) is 51.1 Å². The van der Waals surface area contributed by atoms with Gasteiger partial charge in [-0.25, -0.2) is 9.59 Å². The lowest BCUT2D eigenvalue weighted by molar-refractivity contribution is -0.130. The van der Waals surface area contributed by atoms with E-state index in [0.717, 1.165) is 18.4 Å². The molecule has 1 aliphatic carbocycles. The standard InChI is InChI=1S/C34H44N4O6/c1-6-43-32(41)29-21(2)36-27-19-25(16-17-26(27)29)37-31(40)28(18-22-10-8-7-9-11-22)38-30(39)24-14-12-23(13-15-24)20-35-33(42)44-34(3,4)5/h7-11,16-17,19,23-24,28,36H,6,12-15,18,20H2,1-5H3,(H,35,42)(H,37,40)(H,38,39)/t23?,24?,28-/m0/s1. The lowest BCUT2D eigenvalue weighted by atomic mass is 9.81. The second-order valence-corrected chi connectivity index (χ2v) is 12.4. The molecule has 1 aromatic heterocycles. The fourth-order valence-electron chi connectivity index (χ4n) is 5.62. The number of benzene rings is 2. The van der Waals surface area contributed by atoms with Gasteiger partial charge in [-0.05, 0) is 90.0 Å². The van der Waals surface area contributed by atoms with Crippen LogP contribution < -0.4 is 16.0 Å². The molecule has 0 spiro atoms. The summed E-state index contributed by atoms with van der Waals surface area (Å²) in [4.78, 5) is 54.6. The van der Waals surface area contributed by atoms with Crippen molar-refractivity contribution in [1.29, 1.82) is 0 Å². The third kappa shape index (κ3) is 8.84. The van der Waals surface area contributed by atoms with Crippen LogP contribution in [0.15, 0.2) is 48.5 Å². The lowest BCUT2D eigenvalue weighted by Crippen LogP contribution is -2.48. The minimum absolute atomic E-state index is 0.144. The molecule has 1 aliphatic rings. The Hall–Kier alpha value is -4.34. The van der Waals surface area contributed by atoms with Gasteiger partial charge in [-0.2, -0.15) is 0 Å². The summed E-state index contributed by atoms with van der Waals surface area (Å²) in [6, 6.07) is 14.1. The van der Waals surface area contributed by atoms with Crippen LogP contribution in [-0.4, -0.2) is 53.7 Å². The number of hydrogen-bond acceptors (Lipinski definition) is 6. The number of anilines is 1. The predicted octanol–water partition coefficient (Wildman–Crippen LogP) is 5.65. The van der Waals surface area contributed by atoms with Crippen molar-refractivity contribution in [2.75, 3.05) is 18.5 Å². The SMILES string of the molecule is CCOC(=O)c1c(C)[nH]c2cc(NC(=O)[C@H](Cc3ccccc3)NC(=O)C3CCC(CNC(=O)OC(C)(C)C)CC3)ccc12. The van der Waals surface area contributed by atoms with Crippen molar-refractivity contribution < 1.29 is 28.7 Å². The van der Waals surface area contributed by atoms with Gasteiger partial charge in [0.05, 0.1) is 12.2 Å². The molecular formula is C34H44N4O6. The number of carbonyl (C=O) groups is 4. The Balaban J connectivity index is 1.39. The fourth-order valence-corrected chi connectivity index (χ4v) is 5.62. The predicted molar refractivity (Wildman–Crippen MR) is 169 cm³/mol. The van der Waals surface area contributed by atoms with Crippen LogP contribution in [0.4, 0.5) is 10.5 Å². The fraction of sp³-hybridized carbons (Fsp3) is 0.471. The maximum absolute atomic E-state index is 13.6. The highest BCUT2D eigenvalue weighted by molar-refractivity contribution is 6.07. The summed E-state index contributed by atoms with van der Waals surface area (Å²) in [6.45, 7) is 9.83. The first-order valence-corrected chi connectivity index (χ1v) is 15.3. The van der Waals surface area contributed by atoms with E-state index in [1.165, 1.54) is 0 Å². The first-order chi connectivity index (χ1) is 20.9. The number of esters is 1. The highest BCUT2D eigenvalue weighted by atomic mass is 16.6. The van der Waals surface area contributed by atoms with E-state index in [2.05, 4.69) is 20.9 Å². The lowest BCUT2D eigenvalue weighted by Gasteiger charge is -2.29. The van der Waals surface area contributed by atoms with E-state index in [-0.39, 0.29) is 30.3 Å². The maximum atomic E-state index is 13.6. The van der Waals surface area contributed by atoms with Gasteiger partial charge in [0.2, 0.25) is 11.8 Å². The molecule has 4 N–H and O–H groups in total. The van der Waals surface area contributed by atoms with Gasteiger partial charge in [0.25, 0.3) is 0 Å². The molecule has 236 valence electrons. The van der Waals surface area contributed by atoms with Crippen LogP contribution in [-0.2, 0) is 25.5 Å². The number of ether oxygens (including phenoxy) is 2. The molecule has 3 aromatic rings. The van der Waals surface area contributed by atoms with Gasteiger partial charge in [-0.15, -0.1) is 0 Å². The summed E-state index contributed by atoms with van der Waals surface area (Å²) in [6.07, 6.45) is 2.86. The van der Waals surface area contributed by atoms with E-state index in [4.69, 9.17) is 9.47 Å². The molecule has 3 amide bonds. The minimum Gasteiger partial charge on any atom is -0.462 e. The number of aryl methyl sites for hydroxylation is 1. The van der Waals surface area contributed by atoms with Crippen molar-refractivity contribution in [3.8, 4) is 0 Å². The van der Waals surface area contributed by atoms with Crippen LogP contribution in [0.2, 0.25) is 0 Å². The third-order valence-electron chi connectivity index (χ3n) is 7.80. The Morgan fingerprint density at radius 2 is 1.70 bits per heavy atom. The molecule has 0 aliphatic heterocycles. The Morgan fingerprint density at radius 3 is 2.36 bits per heavy atom. The van der Waals surface area contributed by atoms with Crippen LogP contribution >= 0.6 is 0 Å². The zero-order valence-electron chi connectivity index (χ0n) is 26.3. The van der Waals surface area contributed by atoms with Gasteiger partial charge < -0.3 is 30.4 Å². The molecule has 0 radical (unpaired) electrons. The van der Waals surface area contributed by atoms with Crippen molar-refractivity contribution in [3.63, 3.8) is 0 Å². The number of H-pyrrole nitrogens is 1. The highest BCUT2D eigenvalue weighted by Crippen LogP contribution is 2.29. The first-order valence-electron chi connectivity index (χ1n) is 15.3. The second-order valence-electron chi connectivity index (χ2n) is 12.4. The number of aromatic amines is 1. The number of fused-ring (bicyclic) bond motifs is 1. The van der Waals surface area contributed by atoms with Crippen molar-refractivity contribution in [2.24, 2.45) is 11.8 Å². The Bertz CT molecular complexity index is 1470. The summed E-state index contributed by atoms with van der Waals surface area (Å²) >= 11 is 0. The highest BCUT2D eigenvalue weighted by Gasteiger charge is 2.30.